The fraction of sp³-hybridized carbons (Fsp3) is 0.952. The van der Waals surface area contributed by atoms with Crippen molar-refractivity contribution in [2.24, 2.45) is 0 Å². The maximum absolute atomic E-state index is 11.5. The van der Waals surface area contributed by atoms with Crippen molar-refractivity contribution >= 4 is 5.97 Å². The Kier molecular flexibility index (Phi) is 13.9. The van der Waals surface area contributed by atoms with Gasteiger partial charge in [0.15, 0.2) is 0 Å². The van der Waals surface area contributed by atoms with Gasteiger partial charge in [-0.15, -0.1) is 0 Å². The Morgan fingerprint density at radius 2 is 1.35 bits per heavy atom. The zero-order valence-corrected chi connectivity index (χ0v) is 16.7. The zero-order chi connectivity index (χ0) is 19.0. The zero-order valence-electron chi connectivity index (χ0n) is 16.7. The number of carbonyl (C=O) groups is 1. The van der Waals surface area contributed by atoms with Crippen molar-refractivity contribution < 1.29 is 24.5 Å². The first kappa shape index (κ1) is 23.4. The number of rotatable bonds is 18. The summed E-state index contributed by atoms with van der Waals surface area (Å²) in [5.74, 6) is -0.331. The first-order valence-electron chi connectivity index (χ1n) is 10.8. The quantitative estimate of drug-likeness (QED) is 0.215. The van der Waals surface area contributed by atoms with Crippen LogP contribution in [0.2, 0.25) is 0 Å². The van der Waals surface area contributed by atoms with Crippen molar-refractivity contribution in [1.29, 1.82) is 0 Å². The molecule has 0 aromatic carbocycles. The second-order valence-electron chi connectivity index (χ2n) is 7.55. The summed E-state index contributed by atoms with van der Waals surface area (Å²) in [6.45, 7) is 1.60. The first-order chi connectivity index (χ1) is 12.7. The molecule has 0 amide bonds. The molecule has 154 valence electrons. The Bertz CT molecular complexity index is 343. The fourth-order valence-corrected chi connectivity index (χ4v) is 3.34. The smallest absolute Gasteiger partial charge is 0.306 e. The molecule has 1 aliphatic rings. The molecule has 1 aliphatic heterocycles. The topological polar surface area (TPSA) is 79.3 Å². The van der Waals surface area contributed by atoms with Gasteiger partial charge in [-0.05, 0) is 19.3 Å². The van der Waals surface area contributed by atoms with Gasteiger partial charge >= 0.3 is 5.97 Å². The van der Waals surface area contributed by atoms with Crippen molar-refractivity contribution in [2.75, 3.05) is 13.2 Å². The minimum Gasteiger partial charge on any atom is -0.457 e. The summed E-state index contributed by atoms with van der Waals surface area (Å²) < 4.78 is 10.7. The van der Waals surface area contributed by atoms with Gasteiger partial charge in [-0.25, -0.2) is 0 Å². The van der Waals surface area contributed by atoms with Gasteiger partial charge in [0.2, 0.25) is 0 Å². The highest BCUT2D eigenvalue weighted by Crippen LogP contribution is 2.31. The molecule has 2 atom stereocenters. The van der Waals surface area contributed by atoms with Crippen molar-refractivity contribution in [2.45, 2.75) is 115 Å². The summed E-state index contributed by atoms with van der Waals surface area (Å²) in [6.07, 6.45) is 16.5. The molecule has 5 nitrogen and oxygen atoms in total. The number of esters is 1. The molecule has 0 aromatic rings. The van der Waals surface area contributed by atoms with E-state index in [2.05, 4.69) is 6.92 Å². The van der Waals surface area contributed by atoms with E-state index >= 15 is 0 Å². The largest absolute Gasteiger partial charge is 0.457 e. The van der Waals surface area contributed by atoms with Crippen molar-refractivity contribution in [3.63, 3.8) is 0 Å². The SMILES string of the molecule is CCCCCCCCC1O[C@H]1CCCCCCCC(=O)OC(CO)CO. The van der Waals surface area contributed by atoms with E-state index in [0.29, 0.717) is 18.6 Å². The molecule has 0 aromatic heterocycles. The van der Waals surface area contributed by atoms with Crippen LogP contribution >= 0.6 is 0 Å². The van der Waals surface area contributed by atoms with Crippen molar-refractivity contribution in [3.8, 4) is 0 Å². The van der Waals surface area contributed by atoms with Gasteiger partial charge in [0.25, 0.3) is 0 Å². The Morgan fingerprint density at radius 3 is 1.88 bits per heavy atom. The van der Waals surface area contributed by atoms with Gasteiger partial charge in [-0.3, -0.25) is 4.79 Å². The normalized spacial score (nSPS) is 19.1. The summed E-state index contributed by atoms with van der Waals surface area (Å²) in [7, 11) is 0. The van der Waals surface area contributed by atoms with Gasteiger partial charge in [0.05, 0.1) is 25.4 Å². The molecule has 0 aliphatic carbocycles. The minimum absolute atomic E-state index is 0.328. The number of carbonyl (C=O) groups excluding carboxylic acids is 1. The Hall–Kier alpha value is -0.650. The average Bonchev–Trinajstić information content (AvgIpc) is 3.40. The third-order valence-electron chi connectivity index (χ3n) is 5.10. The summed E-state index contributed by atoms with van der Waals surface area (Å²) in [6, 6.07) is 0. The number of aliphatic hydroxyl groups excluding tert-OH is 2. The predicted molar refractivity (Wildman–Crippen MR) is 103 cm³/mol. The van der Waals surface area contributed by atoms with E-state index in [4.69, 9.17) is 19.7 Å². The van der Waals surface area contributed by atoms with Crippen molar-refractivity contribution in [3.05, 3.63) is 0 Å². The Labute approximate surface area is 159 Å². The summed E-state index contributed by atoms with van der Waals surface area (Å²) in [5, 5.41) is 17.7. The maximum Gasteiger partial charge on any atom is 0.306 e. The first-order valence-corrected chi connectivity index (χ1v) is 10.8. The number of aliphatic hydroxyl groups is 2. The van der Waals surface area contributed by atoms with Crippen LogP contribution in [0.15, 0.2) is 0 Å². The number of epoxide rings is 1. The highest BCUT2D eigenvalue weighted by atomic mass is 16.6. The number of hydrogen-bond donors (Lipinski definition) is 2. The molecular weight excluding hydrogens is 332 g/mol. The van der Waals surface area contributed by atoms with Gasteiger partial charge in [-0.2, -0.15) is 0 Å². The highest BCUT2D eigenvalue weighted by molar-refractivity contribution is 5.69. The van der Waals surface area contributed by atoms with E-state index in [-0.39, 0.29) is 19.2 Å². The van der Waals surface area contributed by atoms with Crippen LogP contribution in [0.5, 0.6) is 0 Å². The number of unbranched alkanes of at least 4 members (excludes halogenated alkanes) is 9. The third-order valence-corrected chi connectivity index (χ3v) is 5.10. The fourth-order valence-electron chi connectivity index (χ4n) is 3.34. The lowest BCUT2D eigenvalue weighted by Crippen LogP contribution is -2.25. The molecule has 0 spiro atoms. The van der Waals surface area contributed by atoms with Crippen LogP contribution in [0.1, 0.15) is 96.8 Å². The average molecular weight is 373 g/mol. The molecule has 1 unspecified atom stereocenters. The molecule has 1 heterocycles. The monoisotopic (exact) mass is 372 g/mol. The summed E-state index contributed by atoms with van der Waals surface area (Å²) in [4.78, 5) is 11.5. The van der Waals surface area contributed by atoms with Crippen LogP contribution in [0.25, 0.3) is 0 Å². The lowest BCUT2D eigenvalue weighted by Gasteiger charge is -2.12. The maximum atomic E-state index is 11.5. The van der Waals surface area contributed by atoms with E-state index in [1.165, 1.54) is 64.2 Å². The van der Waals surface area contributed by atoms with E-state index in [9.17, 15) is 4.79 Å². The van der Waals surface area contributed by atoms with E-state index < -0.39 is 6.10 Å². The molecule has 2 N–H and O–H groups in total. The Morgan fingerprint density at radius 1 is 0.846 bits per heavy atom. The summed E-state index contributed by atoms with van der Waals surface area (Å²) in [5.41, 5.74) is 0. The molecule has 0 saturated carbocycles. The molecule has 5 heteroatoms. The lowest BCUT2D eigenvalue weighted by molar-refractivity contribution is -0.153. The van der Waals surface area contributed by atoms with Crippen LogP contribution in [0.4, 0.5) is 0 Å². The minimum atomic E-state index is -0.773. The van der Waals surface area contributed by atoms with Crippen molar-refractivity contribution in [1.82, 2.24) is 0 Å². The van der Waals surface area contributed by atoms with E-state index in [1.807, 2.05) is 0 Å². The molecule has 0 radical (unpaired) electrons. The molecule has 1 saturated heterocycles. The molecule has 0 bridgehead atoms. The van der Waals surface area contributed by atoms with Crippen LogP contribution in [0.3, 0.4) is 0 Å². The van der Waals surface area contributed by atoms with E-state index in [1.54, 1.807) is 0 Å². The molecule has 1 rings (SSSR count). The lowest BCUT2D eigenvalue weighted by atomic mass is 10.0. The van der Waals surface area contributed by atoms with E-state index in [0.717, 1.165) is 19.3 Å². The Balaban J connectivity index is 1.82. The van der Waals surface area contributed by atoms with Gasteiger partial charge < -0.3 is 19.7 Å². The predicted octanol–water partition coefficient (Wildman–Crippen LogP) is 4.13. The molecule has 26 heavy (non-hydrogen) atoms. The summed E-state index contributed by atoms with van der Waals surface area (Å²) >= 11 is 0. The van der Waals surface area contributed by atoms with Crippen LogP contribution < -0.4 is 0 Å². The van der Waals surface area contributed by atoms with Crippen LogP contribution in [0, 0.1) is 0 Å². The molecular formula is C21H40O5. The second kappa shape index (κ2) is 15.4. The number of ether oxygens (including phenoxy) is 2. The second-order valence-corrected chi connectivity index (χ2v) is 7.55. The molecule has 1 fully saturated rings. The van der Waals surface area contributed by atoms with Crippen LogP contribution in [-0.4, -0.2) is 47.7 Å². The number of hydrogen-bond acceptors (Lipinski definition) is 5. The van der Waals surface area contributed by atoms with Gasteiger partial charge in [0, 0.05) is 6.42 Å². The highest BCUT2D eigenvalue weighted by Gasteiger charge is 2.36. The third kappa shape index (κ3) is 11.9. The van der Waals surface area contributed by atoms with Gasteiger partial charge in [0.1, 0.15) is 6.10 Å². The van der Waals surface area contributed by atoms with Gasteiger partial charge in [-0.1, -0.05) is 71.1 Å². The standard InChI is InChI=1S/C21H40O5/c1-2-3-4-5-7-10-13-19-20(26-19)14-11-8-6-9-12-15-21(24)25-18(16-22)17-23/h18-20,22-23H,2-17H2,1H3/t19?,20-/m0/s1. The van der Waals surface area contributed by atoms with Crippen LogP contribution in [-0.2, 0) is 14.3 Å².